The third-order valence-electron chi connectivity index (χ3n) is 20.8. The Balaban J connectivity index is 0.000000126. The molecule has 0 saturated heterocycles. The number of aromatic nitrogens is 6. The average Bonchev–Trinajstić information content (AvgIpc) is 1.62. The average molecular weight is 2130 g/mol. The number of hydrogen-bond acceptors (Lipinski definition) is 9. The summed E-state index contributed by atoms with van der Waals surface area (Å²) in [7, 11) is 0. The molecule has 0 saturated carbocycles. The van der Waals surface area contributed by atoms with Crippen molar-refractivity contribution in [2.45, 2.75) is 60.8 Å². The fourth-order valence-corrected chi connectivity index (χ4v) is 14.7. The van der Waals surface area contributed by atoms with Crippen molar-refractivity contribution < 1.29 is 73.6 Å². The molecule has 12 heteroatoms. The second kappa shape index (κ2) is 42.4. The third kappa shape index (κ3) is 21.1. The van der Waals surface area contributed by atoms with Gasteiger partial charge in [-0.3, -0.25) is 0 Å². The molecule has 12 aromatic carbocycles. The van der Waals surface area contributed by atoms with Crippen LogP contribution in [0.3, 0.4) is 0 Å². The molecule has 0 aliphatic rings. The molecule has 0 spiro atoms. The van der Waals surface area contributed by atoms with Gasteiger partial charge in [-0.25, -0.2) is 0 Å². The van der Waals surface area contributed by atoms with Crippen molar-refractivity contribution >= 4 is 65.8 Å². The molecule has 0 aliphatic carbocycles. The van der Waals surface area contributed by atoms with E-state index in [1.165, 1.54) is 66.8 Å². The number of hydrogen-bond donors (Lipinski definition) is 0. The van der Waals surface area contributed by atoms with Crippen molar-refractivity contribution in [1.29, 1.82) is 0 Å². The van der Waals surface area contributed by atoms with Gasteiger partial charge in [-0.2, -0.15) is 0 Å². The van der Waals surface area contributed by atoms with E-state index in [9.17, 15) is 0 Å². The monoisotopic (exact) mass is 2130 g/mol. The number of benzene rings is 12. The van der Waals surface area contributed by atoms with E-state index in [0.29, 0.717) is 0 Å². The van der Waals surface area contributed by atoms with Gasteiger partial charge in [-0.05, 0) is 149 Å². The van der Waals surface area contributed by atoms with Gasteiger partial charge in [0.2, 0.25) is 0 Å². The first-order valence-electron chi connectivity index (χ1n) is 40.4. The summed E-state index contributed by atoms with van der Waals surface area (Å²) >= 11 is 0. The first kappa shape index (κ1) is 87.7. The number of aryl methyl sites for hydroxylation is 6. The number of fused-ring (bicyclic) bond motifs is 9. The van der Waals surface area contributed by atoms with E-state index in [1.54, 1.807) is 0 Å². The van der Waals surface area contributed by atoms with Gasteiger partial charge in [0.1, 0.15) is 16.7 Å². The van der Waals surface area contributed by atoms with Crippen LogP contribution in [0.4, 0.5) is 0 Å². The number of para-hydroxylation sites is 3. The Morgan fingerprint density at radius 3 is 1.03 bits per heavy atom. The Kier molecular flexibility index (Phi) is 30.2. The van der Waals surface area contributed by atoms with Crippen LogP contribution in [-0.4, -0.2) is 29.9 Å². The molecule has 9 aromatic heterocycles. The smallest absolute Gasteiger partial charge is 0.123 e. The van der Waals surface area contributed by atoms with Gasteiger partial charge >= 0.3 is 0 Å². The Labute approximate surface area is 759 Å². The number of furan rings is 3. The Bertz CT molecular complexity index is 6710. The summed E-state index contributed by atoms with van der Waals surface area (Å²) in [4.78, 5) is 27.1. The summed E-state index contributed by atoms with van der Waals surface area (Å²) < 4.78 is 17.7. The predicted molar refractivity (Wildman–Crippen MR) is 492 cm³/mol. The number of nitrogens with zero attached hydrogens (tertiary/aromatic N) is 6. The molecule has 0 amide bonds. The van der Waals surface area contributed by atoms with E-state index in [1.807, 2.05) is 231 Å². The first-order valence-corrected chi connectivity index (χ1v) is 40.4. The molecule has 21 aromatic rings. The fourth-order valence-electron chi connectivity index (χ4n) is 14.7. The molecule has 9 nitrogen and oxygen atoms in total. The maximum absolute atomic E-state index is 6.01. The third-order valence-corrected chi connectivity index (χ3v) is 20.8. The Hall–Kier alpha value is -13.1. The molecule has 0 unspecified atom stereocenters. The quantitative estimate of drug-likeness (QED) is 0.110. The van der Waals surface area contributed by atoms with Crippen LogP contribution in [0.15, 0.2) is 378 Å². The molecule has 0 bridgehead atoms. The van der Waals surface area contributed by atoms with E-state index < -0.39 is 0 Å². The van der Waals surface area contributed by atoms with Gasteiger partial charge in [-0.1, -0.05) is 247 Å². The Morgan fingerprint density at radius 2 is 0.610 bits per heavy atom. The largest absolute Gasteiger partial charge is 0.501 e. The first-order chi connectivity index (χ1) is 59.1. The zero-order valence-electron chi connectivity index (χ0n) is 68.7. The summed E-state index contributed by atoms with van der Waals surface area (Å²) in [6.07, 6.45) is 14.4. The molecule has 609 valence electrons. The maximum Gasteiger partial charge on any atom is 0.123 e. The van der Waals surface area contributed by atoms with Crippen molar-refractivity contribution in [3.63, 3.8) is 0 Å². The maximum atomic E-state index is 6.01. The van der Waals surface area contributed by atoms with Crippen LogP contribution in [0.2, 0.25) is 0 Å². The van der Waals surface area contributed by atoms with Gasteiger partial charge in [0.15, 0.2) is 0 Å². The molecule has 0 N–H and O–H groups in total. The van der Waals surface area contributed by atoms with E-state index in [2.05, 4.69) is 241 Å². The van der Waals surface area contributed by atoms with Crippen molar-refractivity contribution in [2.24, 2.45) is 0 Å². The van der Waals surface area contributed by atoms with Crippen LogP contribution >= 0.6 is 0 Å². The summed E-state index contributed by atoms with van der Waals surface area (Å²) in [6.45, 7) is 12.7. The summed E-state index contributed by atoms with van der Waals surface area (Å²) in [5.41, 5.74) is 31.9. The second-order valence-electron chi connectivity index (χ2n) is 29.0. The molecular weight excluding hydrogens is 2040 g/mol. The molecule has 0 aliphatic heterocycles. The molecule has 123 heavy (non-hydrogen) atoms. The van der Waals surface area contributed by atoms with Gasteiger partial charge < -0.3 is 43.2 Å². The standard InChI is InChI=1S/3C19H16N.3C18H12NO.3Ir/c3*1-2-15-13-19(17-11-7-4-8-12-17)20-14-18(15)16-9-5-3-6-10-16;1-12-9-10-19-16(11-12)15-7-4-6-14-13-5-2-3-8-17(13)20-18(14)15;1-12-8-9-19-16(10-12)13-6-7-18-15(11-13)14-4-2-3-5-17(14)20-18;1-12-8-9-19-16(10-12)13-6-7-15-14-4-2-3-5-17(14)20-18(15)11-13;;;/h3*3-11,13-14H,2H2,1H3;2-6,8-11H,1H3;2*2-5,7-11H,1H3;;;/q6*-1;;;. The van der Waals surface area contributed by atoms with E-state index >= 15 is 0 Å². The van der Waals surface area contributed by atoms with Crippen molar-refractivity contribution in [3.05, 3.63) is 435 Å². The zero-order chi connectivity index (χ0) is 81.9. The van der Waals surface area contributed by atoms with Crippen LogP contribution in [0.5, 0.6) is 0 Å². The second-order valence-corrected chi connectivity index (χ2v) is 29.0. The topological polar surface area (TPSA) is 117 Å². The van der Waals surface area contributed by atoms with Crippen LogP contribution in [-0.2, 0) is 79.6 Å². The summed E-state index contributed by atoms with van der Waals surface area (Å²) in [5, 5.41) is 6.70. The Morgan fingerprint density at radius 1 is 0.252 bits per heavy atom. The normalized spacial score (nSPS) is 10.6. The van der Waals surface area contributed by atoms with Crippen LogP contribution in [0.1, 0.15) is 54.2 Å². The molecule has 21 rings (SSSR count). The van der Waals surface area contributed by atoms with E-state index in [4.69, 9.17) is 13.3 Å². The number of pyridine rings is 6. The molecular formula is C111H84Ir3N6O3-6. The van der Waals surface area contributed by atoms with Crippen LogP contribution in [0.25, 0.3) is 167 Å². The molecule has 0 fully saturated rings. The predicted octanol–water partition coefficient (Wildman–Crippen LogP) is 28.6. The van der Waals surface area contributed by atoms with Crippen molar-refractivity contribution in [3.8, 4) is 101 Å². The van der Waals surface area contributed by atoms with Gasteiger partial charge in [-0.15, -0.1) is 167 Å². The minimum Gasteiger partial charge on any atom is -0.501 e. The van der Waals surface area contributed by atoms with Crippen molar-refractivity contribution in [1.82, 2.24) is 29.9 Å². The van der Waals surface area contributed by atoms with Gasteiger partial charge in [0.05, 0.1) is 16.7 Å². The molecule has 0 atom stereocenters. The summed E-state index contributed by atoms with van der Waals surface area (Å²) in [6, 6.07) is 130. The minimum atomic E-state index is 0. The summed E-state index contributed by atoms with van der Waals surface area (Å²) in [5.74, 6) is 0. The van der Waals surface area contributed by atoms with E-state index in [0.717, 1.165) is 153 Å². The van der Waals surface area contributed by atoms with Crippen LogP contribution < -0.4 is 0 Å². The van der Waals surface area contributed by atoms with Gasteiger partial charge in [0, 0.05) is 125 Å². The van der Waals surface area contributed by atoms with E-state index in [-0.39, 0.29) is 60.3 Å². The van der Waals surface area contributed by atoms with Crippen LogP contribution in [0, 0.1) is 57.2 Å². The fraction of sp³-hybridized carbons (Fsp3) is 0.0811. The SMILES string of the molecule is CCc1cc(-c2[c-]cccc2)ncc1-c1ccccc1.CCc1cc(-c2[c-]cccc2)ncc1-c1ccccc1.CCc1cc(-c2[c-]cccc2)ncc1-c1ccccc1.Cc1ccnc(-c2[c-]cc3c(c2)oc2ccccc23)c1.Cc1ccnc(-c2[c-]cc3oc4ccccc4c3c2)c1.Cc1ccnc(-c2[c-]ccc3c2oc2ccccc23)c1.[Ir].[Ir].[Ir]. The number of rotatable bonds is 12. The zero-order valence-corrected chi connectivity index (χ0v) is 75.9. The van der Waals surface area contributed by atoms with Gasteiger partial charge in [0.25, 0.3) is 0 Å². The molecule has 3 radical (unpaired) electrons. The van der Waals surface area contributed by atoms with Crippen molar-refractivity contribution in [2.75, 3.05) is 0 Å². The minimum absolute atomic E-state index is 0. The molecule has 9 heterocycles.